The van der Waals surface area contributed by atoms with Crippen molar-refractivity contribution in [2.45, 2.75) is 141 Å². The molecule has 0 spiro atoms. The minimum Gasteiger partial charge on any atom is -0.335 e. The molecule has 0 radical (unpaired) electrons. The third-order valence-corrected chi connectivity index (χ3v) is 8.76. The molecule has 2 aromatic carbocycles. The van der Waals surface area contributed by atoms with E-state index >= 15 is 0 Å². The van der Waals surface area contributed by atoms with Crippen molar-refractivity contribution in [3.8, 4) is 0 Å². The Morgan fingerprint density at radius 3 is 1.77 bits per heavy atom. The molecule has 39 heavy (non-hydrogen) atoms. The molecule has 1 aromatic heterocycles. The highest BCUT2D eigenvalue weighted by Gasteiger charge is 2.38. The average molecular weight is 529 g/mol. The maximum atomic E-state index is 5.01. The Labute approximate surface area is 240 Å². The molecule has 1 heterocycles. The largest absolute Gasteiger partial charge is 0.335 e. The summed E-state index contributed by atoms with van der Waals surface area (Å²) in [6, 6.07) is 22.2. The predicted octanol–water partition coefficient (Wildman–Crippen LogP) is 11.1. The van der Waals surface area contributed by atoms with Crippen molar-refractivity contribution < 1.29 is 0 Å². The number of aryl methyl sites for hydroxylation is 1. The first kappa shape index (κ1) is 31.2. The van der Waals surface area contributed by atoms with Crippen LogP contribution in [-0.2, 0) is 18.4 Å². The minimum absolute atomic E-state index is 0.0161. The van der Waals surface area contributed by atoms with Gasteiger partial charge in [-0.25, -0.2) is 4.98 Å². The standard InChI is InChI=1S/C37H56N2/c1-4-6-7-8-9-10-11-12-13-14-15-16-23-30-39-31-29-38-36(39)35(24-5-2)37(3,34-27-21-18-22-28-34)32-33-25-19-17-20-26-33/h17-22,25-29,31,35H,4-16,23-24,30,32H2,1-3H3. The molecule has 0 amide bonds. The van der Waals surface area contributed by atoms with Crippen LogP contribution in [0.15, 0.2) is 73.1 Å². The zero-order valence-corrected chi connectivity index (χ0v) is 25.4. The van der Waals surface area contributed by atoms with Crippen LogP contribution < -0.4 is 0 Å². The molecule has 214 valence electrons. The Morgan fingerprint density at radius 2 is 1.21 bits per heavy atom. The molecule has 0 saturated heterocycles. The summed E-state index contributed by atoms with van der Waals surface area (Å²) >= 11 is 0. The Kier molecular flexibility index (Phi) is 14.5. The van der Waals surface area contributed by atoms with Gasteiger partial charge in [0.15, 0.2) is 0 Å². The van der Waals surface area contributed by atoms with Gasteiger partial charge in [0, 0.05) is 30.3 Å². The van der Waals surface area contributed by atoms with Crippen LogP contribution in [0.1, 0.15) is 140 Å². The number of nitrogens with zero attached hydrogens (tertiary/aromatic N) is 2. The molecule has 3 rings (SSSR count). The van der Waals surface area contributed by atoms with Crippen molar-refractivity contribution >= 4 is 0 Å². The van der Waals surface area contributed by atoms with Crippen LogP contribution in [0.3, 0.4) is 0 Å². The first-order chi connectivity index (χ1) is 19.2. The van der Waals surface area contributed by atoms with E-state index in [1.165, 1.54) is 100 Å². The quantitative estimate of drug-likeness (QED) is 0.126. The van der Waals surface area contributed by atoms with Gasteiger partial charge in [0.2, 0.25) is 0 Å². The molecular formula is C37H56N2. The van der Waals surface area contributed by atoms with Crippen molar-refractivity contribution in [2.24, 2.45) is 0 Å². The van der Waals surface area contributed by atoms with Gasteiger partial charge in [0.25, 0.3) is 0 Å². The molecule has 0 fully saturated rings. The number of unbranched alkanes of at least 4 members (excludes halogenated alkanes) is 12. The highest BCUT2D eigenvalue weighted by molar-refractivity contribution is 5.33. The van der Waals surface area contributed by atoms with Crippen molar-refractivity contribution in [2.75, 3.05) is 0 Å². The normalized spacial score (nSPS) is 13.8. The lowest BCUT2D eigenvalue weighted by Crippen LogP contribution is -2.35. The van der Waals surface area contributed by atoms with Crippen LogP contribution in [0.25, 0.3) is 0 Å². The molecule has 2 atom stereocenters. The van der Waals surface area contributed by atoms with Gasteiger partial charge in [-0.15, -0.1) is 0 Å². The van der Waals surface area contributed by atoms with Gasteiger partial charge in [-0.1, -0.05) is 165 Å². The van der Waals surface area contributed by atoms with Crippen LogP contribution in [0.5, 0.6) is 0 Å². The van der Waals surface area contributed by atoms with Crippen molar-refractivity contribution in [1.82, 2.24) is 9.55 Å². The van der Waals surface area contributed by atoms with Crippen molar-refractivity contribution in [1.29, 1.82) is 0 Å². The fourth-order valence-corrected chi connectivity index (χ4v) is 6.41. The molecule has 0 aliphatic rings. The lowest BCUT2D eigenvalue weighted by Gasteiger charge is -2.39. The molecule has 0 saturated carbocycles. The number of rotatable bonds is 21. The van der Waals surface area contributed by atoms with Crippen LogP contribution in [0.4, 0.5) is 0 Å². The summed E-state index contributed by atoms with van der Waals surface area (Å²) in [5, 5.41) is 0. The topological polar surface area (TPSA) is 17.8 Å². The average Bonchev–Trinajstić information content (AvgIpc) is 3.43. The maximum Gasteiger partial charge on any atom is 0.112 e. The van der Waals surface area contributed by atoms with Crippen molar-refractivity contribution in [3.05, 3.63) is 90.0 Å². The highest BCUT2D eigenvalue weighted by atomic mass is 15.1. The van der Waals surface area contributed by atoms with E-state index in [0.717, 1.165) is 25.8 Å². The molecule has 2 unspecified atom stereocenters. The van der Waals surface area contributed by atoms with Crippen LogP contribution >= 0.6 is 0 Å². The zero-order valence-electron chi connectivity index (χ0n) is 25.4. The Bertz CT molecular complexity index is 993. The second kappa shape index (κ2) is 18.1. The van der Waals surface area contributed by atoms with E-state index in [9.17, 15) is 0 Å². The lowest BCUT2D eigenvalue weighted by atomic mass is 9.66. The van der Waals surface area contributed by atoms with Gasteiger partial charge in [-0.3, -0.25) is 0 Å². The van der Waals surface area contributed by atoms with E-state index in [2.05, 4.69) is 92.2 Å². The van der Waals surface area contributed by atoms with Crippen LogP contribution in [0, 0.1) is 0 Å². The molecule has 0 N–H and O–H groups in total. The number of hydrogen-bond donors (Lipinski definition) is 0. The van der Waals surface area contributed by atoms with Gasteiger partial charge < -0.3 is 4.57 Å². The van der Waals surface area contributed by atoms with Gasteiger partial charge >= 0.3 is 0 Å². The van der Waals surface area contributed by atoms with E-state index in [0.29, 0.717) is 5.92 Å². The SMILES string of the molecule is CCCCCCCCCCCCCCCn1ccnc1C(CCC)C(C)(Cc1ccccc1)c1ccccc1. The van der Waals surface area contributed by atoms with Gasteiger partial charge in [-0.05, 0) is 30.4 Å². The van der Waals surface area contributed by atoms with Gasteiger partial charge in [0.1, 0.15) is 5.82 Å². The van der Waals surface area contributed by atoms with Crippen LogP contribution in [0.2, 0.25) is 0 Å². The smallest absolute Gasteiger partial charge is 0.112 e. The minimum atomic E-state index is -0.0161. The summed E-state index contributed by atoms with van der Waals surface area (Å²) in [6.45, 7) is 8.18. The summed E-state index contributed by atoms with van der Waals surface area (Å²) in [5.41, 5.74) is 2.81. The molecule has 2 nitrogen and oxygen atoms in total. The fraction of sp³-hybridized carbons (Fsp3) is 0.595. The molecule has 0 aliphatic carbocycles. The molecule has 2 heteroatoms. The number of aromatic nitrogens is 2. The third-order valence-electron chi connectivity index (χ3n) is 8.76. The molecule has 3 aromatic rings. The van der Waals surface area contributed by atoms with E-state index in [-0.39, 0.29) is 5.41 Å². The number of imidazole rings is 1. The second-order valence-electron chi connectivity index (χ2n) is 12.0. The first-order valence-corrected chi connectivity index (χ1v) is 16.3. The lowest BCUT2D eigenvalue weighted by molar-refractivity contribution is 0.328. The number of hydrogen-bond acceptors (Lipinski definition) is 1. The summed E-state index contributed by atoms with van der Waals surface area (Å²) in [7, 11) is 0. The Morgan fingerprint density at radius 1 is 0.667 bits per heavy atom. The molecule has 0 aliphatic heterocycles. The Hall–Kier alpha value is -2.35. The molecular weight excluding hydrogens is 472 g/mol. The molecule has 0 bridgehead atoms. The Balaban J connectivity index is 1.54. The van der Waals surface area contributed by atoms with Crippen LogP contribution in [-0.4, -0.2) is 9.55 Å². The summed E-state index contributed by atoms with van der Waals surface area (Å²) < 4.78 is 2.48. The van der Waals surface area contributed by atoms with E-state index in [1.807, 2.05) is 6.20 Å². The van der Waals surface area contributed by atoms with Crippen molar-refractivity contribution in [3.63, 3.8) is 0 Å². The summed E-state index contributed by atoms with van der Waals surface area (Å²) in [4.78, 5) is 5.01. The van der Waals surface area contributed by atoms with Gasteiger partial charge in [0.05, 0.1) is 0 Å². The van der Waals surface area contributed by atoms with Gasteiger partial charge in [-0.2, -0.15) is 0 Å². The summed E-state index contributed by atoms with van der Waals surface area (Å²) in [5.74, 6) is 1.65. The van der Waals surface area contributed by atoms with E-state index < -0.39 is 0 Å². The van der Waals surface area contributed by atoms with E-state index in [4.69, 9.17) is 4.98 Å². The number of benzene rings is 2. The fourth-order valence-electron chi connectivity index (χ4n) is 6.41. The second-order valence-corrected chi connectivity index (χ2v) is 12.0. The maximum absolute atomic E-state index is 5.01. The van der Waals surface area contributed by atoms with E-state index in [1.54, 1.807) is 0 Å². The predicted molar refractivity (Wildman–Crippen MR) is 170 cm³/mol. The first-order valence-electron chi connectivity index (χ1n) is 16.3. The third kappa shape index (κ3) is 10.3. The monoisotopic (exact) mass is 528 g/mol. The zero-order chi connectivity index (χ0) is 27.6. The summed E-state index contributed by atoms with van der Waals surface area (Å²) in [6.07, 6.45) is 25.8. The highest BCUT2D eigenvalue weighted by Crippen LogP contribution is 2.44.